The molecule has 0 spiro atoms. The molecule has 2 atom stereocenters. The number of carboxylic acids is 1. The van der Waals surface area contributed by atoms with Gasteiger partial charge in [-0.2, -0.15) is 5.10 Å². The molecule has 26 heavy (non-hydrogen) atoms. The number of nitrogens with one attached hydrogen (secondary N) is 1. The Labute approximate surface area is 151 Å². The normalized spacial score (nSPS) is 15.4. The van der Waals surface area contributed by atoms with E-state index < -0.39 is 29.7 Å². The molecule has 6 nitrogen and oxygen atoms in total. The number of amides is 1. The Morgan fingerprint density at radius 3 is 2.73 bits per heavy atom. The Hall–Kier alpha value is -2.70. The number of carbonyl (C=O) groups is 2. The van der Waals surface area contributed by atoms with Crippen LogP contribution in [-0.4, -0.2) is 32.8 Å². The average molecular weight is 359 g/mol. The SMILES string of the molecule is Cc1ccc(F)c(-n2nc(C(=O)NC(C)C(C)C(=O)O)c3c2CCC3)c1. The molecule has 0 fully saturated rings. The van der Waals surface area contributed by atoms with Gasteiger partial charge < -0.3 is 10.4 Å². The van der Waals surface area contributed by atoms with Gasteiger partial charge in [-0.15, -0.1) is 0 Å². The van der Waals surface area contributed by atoms with E-state index in [9.17, 15) is 14.0 Å². The first kappa shape index (κ1) is 18.1. The molecule has 2 N–H and O–H groups in total. The number of aliphatic carboxylic acids is 1. The summed E-state index contributed by atoms with van der Waals surface area (Å²) in [6.07, 6.45) is 2.31. The highest BCUT2D eigenvalue weighted by atomic mass is 19.1. The molecule has 1 aromatic carbocycles. The maximum absolute atomic E-state index is 14.3. The Kier molecular flexibility index (Phi) is 4.80. The summed E-state index contributed by atoms with van der Waals surface area (Å²) in [4.78, 5) is 23.8. The molecular weight excluding hydrogens is 337 g/mol. The fourth-order valence-electron chi connectivity index (χ4n) is 3.22. The van der Waals surface area contributed by atoms with Crippen molar-refractivity contribution in [3.8, 4) is 5.69 Å². The van der Waals surface area contributed by atoms with Gasteiger partial charge in [0.25, 0.3) is 5.91 Å². The lowest BCUT2D eigenvalue weighted by Crippen LogP contribution is -2.40. The smallest absolute Gasteiger partial charge is 0.308 e. The van der Waals surface area contributed by atoms with Crippen LogP contribution in [0.25, 0.3) is 5.69 Å². The molecule has 0 aliphatic heterocycles. The van der Waals surface area contributed by atoms with Crippen LogP contribution in [0.4, 0.5) is 4.39 Å². The predicted molar refractivity (Wildman–Crippen MR) is 94.0 cm³/mol. The first-order valence-corrected chi connectivity index (χ1v) is 8.70. The molecule has 2 aromatic rings. The molecule has 7 heteroatoms. The highest BCUT2D eigenvalue weighted by molar-refractivity contribution is 5.94. The molecule has 138 valence electrons. The van der Waals surface area contributed by atoms with E-state index in [1.54, 1.807) is 26.0 Å². The number of carboxylic acid groups (broad SMARTS) is 1. The van der Waals surface area contributed by atoms with Gasteiger partial charge in [-0.3, -0.25) is 9.59 Å². The van der Waals surface area contributed by atoms with E-state index in [2.05, 4.69) is 10.4 Å². The lowest BCUT2D eigenvalue weighted by molar-refractivity contribution is -0.141. The molecule has 1 aliphatic rings. The van der Waals surface area contributed by atoms with Crippen molar-refractivity contribution in [2.24, 2.45) is 5.92 Å². The fourth-order valence-corrected chi connectivity index (χ4v) is 3.22. The van der Waals surface area contributed by atoms with E-state index in [1.165, 1.54) is 10.7 Å². The van der Waals surface area contributed by atoms with E-state index in [4.69, 9.17) is 5.11 Å². The minimum atomic E-state index is -0.976. The molecule has 1 amide bonds. The summed E-state index contributed by atoms with van der Waals surface area (Å²) >= 11 is 0. The van der Waals surface area contributed by atoms with Crippen LogP contribution in [-0.2, 0) is 17.6 Å². The third-order valence-corrected chi connectivity index (χ3v) is 4.97. The second kappa shape index (κ2) is 6.90. The lowest BCUT2D eigenvalue weighted by Gasteiger charge is -2.17. The maximum Gasteiger partial charge on any atom is 0.308 e. The molecule has 0 bridgehead atoms. The number of carbonyl (C=O) groups excluding carboxylic acids is 1. The summed E-state index contributed by atoms with van der Waals surface area (Å²) in [6, 6.07) is 4.24. The van der Waals surface area contributed by atoms with E-state index in [-0.39, 0.29) is 5.69 Å². The quantitative estimate of drug-likeness (QED) is 0.860. The lowest BCUT2D eigenvalue weighted by atomic mass is 10.0. The Balaban J connectivity index is 1.96. The third kappa shape index (κ3) is 3.21. The molecule has 1 aromatic heterocycles. The zero-order valence-corrected chi connectivity index (χ0v) is 15.0. The number of halogens is 1. The molecule has 2 unspecified atom stereocenters. The molecule has 1 aliphatic carbocycles. The van der Waals surface area contributed by atoms with Gasteiger partial charge in [0, 0.05) is 17.3 Å². The zero-order valence-electron chi connectivity index (χ0n) is 15.0. The van der Waals surface area contributed by atoms with Crippen LogP contribution < -0.4 is 5.32 Å². The van der Waals surface area contributed by atoms with E-state index in [1.807, 2.05) is 6.92 Å². The van der Waals surface area contributed by atoms with E-state index in [0.29, 0.717) is 12.1 Å². The summed E-state index contributed by atoms with van der Waals surface area (Å²) in [6.45, 7) is 5.06. The number of hydrogen-bond acceptors (Lipinski definition) is 3. The number of fused-ring (bicyclic) bond motifs is 1. The van der Waals surface area contributed by atoms with Crippen LogP contribution in [0.15, 0.2) is 18.2 Å². The van der Waals surface area contributed by atoms with Crippen LogP contribution >= 0.6 is 0 Å². The Morgan fingerprint density at radius 2 is 2.04 bits per heavy atom. The monoisotopic (exact) mass is 359 g/mol. The standard InChI is InChI=1S/C19H22FN3O3/c1-10-7-8-14(20)16(9-10)23-15-6-4-5-13(15)17(22-23)18(24)21-12(3)11(2)19(25)26/h7-9,11-12H,4-6H2,1-3H3,(H,21,24)(H,25,26). The number of aromatic nitrogens is 2. The van der Waals surface area contributed by atoms with Crippen LogP contribution in [0, 0.1) is 18.7 Å². The van der Waals surface area contributed by atoms with Crippen molar-refractivity contribution in [2.75, 3.05) is 0 Å². The predicted octanol–water partition coefficient (Wildman–Crippen LogP) is 2.65. The molecule has 0 saturated heterocycles. The zero-order chi connectivity index (χ0) is 19.0. The summed E-state index contributed by atoms with van der Waals surface area (Å²) in [7, 11) is 0. The second-order valence-electron chi connectivity index (χ2n) is 6.88. The molecule has 1 heterocycles. The van der Waals surface area contributed by atoms with Gasteiger partial charge in [0.15, 0.2) is 5.69 Å². The van der Waals surface area contributed by atoms with Crippen molar-refractivity contribution in [3.63, 3.8) is 0 Å². The number of aryl methyl sites for hydroxylation is 1. The van der Waals surface area contributed by atoms with Gasteiger partial charge in [-0.25, -0.2) is 9.07 Å². The molecule has 3 rings (SSSR count). The minimum Gasteiger partial charge on any atom is -0.481 e. The van der Waals surface area contributed by atoms with E-state index in [0.717, 1.165) is 29.7 Å². The highest BCUT2D eigenvalue weighted by Gasteiger charge is 2.29. The summed E-state index contributed by atoms with van der Waals surface area (Å²) in [5.41, 5.74) is 3.15. The van der Waals surface area contributed by atoms with Crippen LogP contribution in [0.1, 0.15) is 47.6 Å². The van der Waals surface area contributed by atoms with Gasteiger partial charge in [-0.1, -0.05) is 6.07 Å². The van der Waals surface area contributed by atoms with Crippen LogP contribution in [0.2, 0.25) is 0 Å². The highest BCUT2D eigenvalue weighted by Crippen LogP contribution is 2.29. The van der Waals surface area contributed by atoms with Gasteiger partial charge in [-0.05, 0) is 57.7 Å². The van der Waals surface area contributed by atoms with E-state index >= 15 is 0 Å². The van der Waals surface area contributed by atoms with Crippen LogP contribution in [0.3, 0.4) is 0 Å². The molecule has 0 radical (unpaired) electrons. The third-order valence-electron chi connectivity index (χ3n) is 4.97. The van der Waals surface area contributed by atoms with Crippen molar-refractivity contribution in [2.45, 2.75) is 46.1 Å². The van der Waals surface area contributed by atoms with Crippen molar-refractivity contribution < 1.29 is 19.1 Å². The number of benzene rings is 1. The van der Waals surface area contributed by atoms with Gasteiger partial charge in [0.05, 0.1) is 5.92 Å². The largest absolute Gasteiger partial charge is 0.481 e. The number of hydrogen-bond donors (Lipinski definition) is 2. The summed E-state index contributed by atoms with van der Waals surface area (Å²) in [5.74, 6) is -2.51. The Bertz CT molecular complexity index is 875. The summed E-state index contributed by atoms with van der Waals surface area (Å²) in [5, 5.41) is 16.2. The maximum atomic E-state index is 14.3. The van der Waals surface area contributed by atoms with Crippen molar-refractivity contribution in [1.29, 1.82) is 0 Å². The topological polar surface area (TPSA) is 84.2 Å². The molecule has 0 saturated carbocycles. The first-order valence-electron chi connectivity index (χ1n) is 8.70. The second-order valence-corrected chi connectivity index (χ2v) is 6.88. The van der Waals surface area contributed by atoms with Gasteiger partial charge in [0.1, 0.15) is 11.5 Å². The van der Waals surface area contributed by atoms with Crippen LogP contribution in [0.5, 0.6) is 0 Å². The molecular formula is C19H22FN3O3. The fraction of sp³-hybridized carbons (Fsp3) is 0.421. The van der Waals surface area contributed by atoms with Crippen molar-refractivity contribution in [3.05, 3.63) is 46.5 Å². The average Bonchev–Trinajstić information content (AvgIpc) is 3.18. The van der Waals surface area contributed by atoms with Crippen molar-refractivity contribution in [1.82, 2.24) is 15.1 Å². The summed E-state index contributed by atoms with van der Waals surface area (Å²) < 4.78 is 15.8. The van der Waals surface area contributed by atoms with Gasteiger partial charge in [0.2, 0.25) is 0 Å². The first-order chi connectivity index (χ1) is 12.3. The van der Waals surface area contributed by atoms with Gasteiger partial charge >= 0.3 is 5.97 Å². The van der Waals surface area contributed by atoms with Crippen molar-refractivity contribution >= 4 is 11.9 Å². The number of nitrogens with zero attached hydrogens (tertiary/aromatic N) is 2. The Morgan fingerprint density at radius 1 is 1.31 bits per heavy atom. The number of rotatable bonds is 5. The minimum absolute atomic E-state index is 0.253.